The number of nitrogens with one attached hydrogen (secondary N) is 1. The van der Waals surface area contributed by atoms with Crippen molar-refractivity contribution in [2.24, 2.45) is 11.3 Å². The number of hydrogen-bond acceptors (Lipinski definition) is 2. The zero-order valence-corrected chi connectivity index (χ0v) is 14.3. The Hall–Kier alpha value is -0.930. The Labute approximate surface area is 136 Å². The third-order valence-electron chi connectivity index (χ3n) is 4.19. The molecule has 2 rings (SSSR count). The summed E-state index contributed by atoms with van der Waals surface area (Å²) in [5.41, 5.74) is 0.341. The Morgan fingerprint density at radius 2 is 1.81 bits per heavy atom. The van der Waals surface area contributed by atoms with E-state index in [0.29, 0.717) is 6.42 Å². The molecule has 0 aliphatic heterocycles. The third kappa shape index (κ3) is 3.14. The van der Waals surface area contributed by atoms with Gasteiger partial charge in [-0.15, -0.1) is 23.2 Å². The van der Waals surface area contributed by atoms with Crippen LogP contribution in [0, 0.1) is 11.3 Å². The van der Waals surface area contributed by atoms with Gasteiger partial charge in [0, 0.05) is 0 Å². The number of carbonyl (C=O) groups is 1. The van der Waals surface area contributed by atoms with Crippen molar-refractivity contribution in [2.75, 3.05) is 7.11 Å². The molecule has 116 valence electrons. The SMILES string of the molecule is COc1ccc([C@@H](NC(=O)[C@]2(C)CC2(Cl)Cl)C(C)C)cc1. The molecular weight excluding hydrogens is 309 g/mol. The van der Waals surface area contributed by atoms with Crippen molar-refractivity contribution in [3.8, 4) is 5.75 Å². The van der Waals surface area contributed by atoms with Crippen LogP contribution in [0.2, 0.25) is 0 Å². The highest BCUT2D eigenvalue weighted by Gasteiger charge is 2.68. The van der Waals surface area contributed by atoms with E-state index < -0.39 is 9.75 Å². The van der Waals surface area contributed by atoms with Crippen LogP contribution in [0.15, 0.2) is 24.3 Å². The topological polar surface area (TPSA) is 38.3 Å². The highest BCUT2D eigenvalue weighted by Crippen LogP contribution is 2.64. The van der Waals surface area contributed by atoms with E-state index in [4.69, 9.17) is 27.9 Å². The summed E-state index contributed by atoms with van der Waals surface area (Å²) in [6.07, 6.45) is 0.488. The number of amides is 1. The first-order valence-corrected chi connectivity index (χ1v) is 7.79. The van der Waals surface area contributed by atoms with Crippen LogP contribution in [0.25, 0.3) is 0 Å². The van der Waals surface area contributed by atoms with Crippen molar-refractivity contribution in [1.29, 1.82) is 0 Å². The maximum atomic E-state index is 12.4. The molecular formula is C16H21Cl2NO2. The summed E-state index contributed by atoms with van der Waals surface area (Å²) in [5.74, 6) is 0.953. The largest absolute Gasteiger partial charge is 0.497 e. The summed E-state index contributed by atoms with van der Waals surface area (Å²) in [5, 5.41) is 3.08. The number of carbonyl (C=O) groups excluding carboxylic acids is 1. The van der Waals surface area contributed by atoms with Crippen molar-refractivity contribution >= 4 is 29.1 Å². The molecule has 1 saturated carbocycles. The molecule has 1 aliphatic carbocycles. The monoisotopic (exact) mass is 329 g/mol. The second-order valence-electron chi connectivity index (χ2n) is 6.18. The predicted octanol–water partition coefficient (Wildman–Crippen LogP) is 4.09. The smallest absolute Gasteiger partial charge is 0.229 e. The fraction of sp³-hybridized carbons (Fsp3) is 0.562. The lowest BCUT2D eigenvalue weighted by Crippen LogP contribution is -2.38. The molecule has 1 aromatic rings. The first kappa shape index (κ1) is 16.4. The van der Waals surface area contributed by atoms with Crippen molar-refractivity contribution in [3.63, 3.8) is 0 Å². The van der Waals surface area contributed by atoms with Gasteiger partial charge in [0.2, 0.25) is 5.91 Å². The van der Waals surface area contributed by atoms with Crippen molar-refractivity contribution in [2.45, 2.75) is 37.6 Å². The fourth-order valence-electron chi connectivity index (χ4n) is 2.39. The number of hydrogen-bond donors (Lipinski definition) is 1. The zero-order valence-electron chi connectivity index (χ0n) is 12.7. The molecule has 0 aromatic heterocycles. The maximum Gasteiger partial charge on any atom is 0.229 e. The quantitative estimate of drug-likeness (QED) is 0.826. The average molecular weight is 330 g/mol. The van der Waals surface area contributed by atoms with E-state index in [1.165, 1.54) is 0 Å². The number of ether oxygens (including phenoxy) is 1. The number of rotatable bonds is 5. The van der Waals surface area contributed by atoms with Gasteiger partial charge in [-0.2, -0.15) is 0 Å². The average Bonchev–Trinajstić information content (AvgIpc) is 2.96. The van der Waals surface area contributed by atoms with Crippen molar-refractivity contribution < 1.29 is 9.53 Å². The van der Waals surface area contributed by atoms with Gasteiger partial charge in [-0.1, -0.05) is 26.0 Å². The van der Waals surface area contributed by atoms with E-state index in [1.807, 2.05) is 24.3 Å². The van der Waals surface area contributed by atoms with Gasteiger partial charge < -0.3 is 10.1 Å². The van der Waals surface area contributed by atoms with E-state index in [-0.39, 0.29) is 17.9 Å². The van der Waals surface area contributed by atoms with E-state index in [1.54, 1.807) is 14.0 Å². The summed E-state index contributed by atoms with van der Waals surface area (Å²) in [4.78, 5) is 12.4. The van der Waals surface area contributed by atoms with Crippen LogP contribution in [0.3, 0.4) is 0 Å². The summed E-state index contributed by atoms with van der Waals surface area (Å²) in [7, 11) is 1.63. The van der Waals surface area contributed by atoms with Crippen molar-refractivity contribution in [3.05, 3.63) is 29.8 Å². The van der Waals surface area contributed by atoms with E-state index in [9.17, 15) is 4.79 Å². The summed E-state index contributed by atoms with van der Waals surface area (Å²) in [6, 6.07) is 7.64. The molecule has 0 bridgehead atoms. The van der Waals surface area contributed by atoms with Gasteiger partial charge in [0.15, 0.2) is 0 Å². The van der Waals surface area contributed by atoms with Crippen LogP contribution in [0.1, 0.15) is 38.8 Å². The molecule has 0 heterocycles. The van der Waals surface area contributed by atoms with E-state index >= 15 is 0 Å². The van der Waals surface area contributed by atoms with E-state index in [2.05, 4.69) is 19.2 Å². The molecule has 1 fully saturated rings. The molecule has 0 spiro atoms. The molecule has 1 amide bonds. The van der Waals surface area contributed by atoms with Gasteiger partial charge in [0.05, 0.1) is 18.6 Å². The summed E-state index contributed by atoms with van der Waals surface area (Å²) >= 11 is 12.2. The molecule has 0 radical (unpaired) electrons. The molecule has 0 saturated heterocycles. The predicted molar refractivity (Wildman–Crippen MR) is 85.9 cm³/mol. The highest BCUT2D eigenvalue weighted by atomic mass is 35.5. The first-order valence-electron chi connectivity index (χ1n) is 7.04. The number of alkyl halides is 2. The number of halogens is 2. The Morgan fingerprint density at radius 1 is 1.29 bits per heavy atom. The van der Waals surface area contributed by atoms with Gasteiger partial charge in [0.25, 0.3) is 0 Å². The minimum Gasteiger partial charge on any atom is -0.497 e. The molecule has 1 aliphatic rings. The van der Waals surface area contributed by atoms with Gasteiger partial charge in [-0.05, 0) is 37.0 Å². The summed E-state index contributed by atoms with van der Waals surface area (Å²) < 4.78 is 4.21. The van der Waals surface area contributed by atoms with Crippen LogP contribution >= 0.6 is 23.2 Å². The summed E-state index contributed by atoms with van der Waals surface area (Å²) in [6.45, 7) is 5.94. The lowest BCUT2D eigenvalue weighted by Gasteiger charge is -2.25. The van der Waals surface area contributed by atoms with Crippen LogP contribution < -0.4 is 10.1 Å². The second-order valence-corrected chi connectivity index (χ2v) is 7.67. The van der Waals surface area contributed by atoms with Gasteiger partial charge in [-0.3, -0.25) is 4.79 Å². The van der Waals surface area contributed by atoms with Gasteiger partial charge in [-0.25, -0.2) is 0 Å². The first-order chi connectivity index (χ1) is 9.71. The molecule has 21 heavy (non-hydrogen) atoms. The normalized spacial score (nSPS) is 24.5. The van der Waals surface area contributed by atoms with Crippen LogP contribution in [0.4, 0.5) is 0 Å². The van der Waals surface area contributed by atoms with Crippen LogP contribution in [-0.4, -0.2) is 17.4 Å². The molecule has 3 nitrogen and oxygen atoms in total. The second kappa shape index (κ2) is 5.69. The highest BCUT2D eigenvalue weighted by molar-refractivity contribution is 6.53. The van der Waals surface area contributed by atoms with Crippen molar-refractivity contribution in [1.82, 2.24) is 5.32 Å². The van der Waals surface area contributed by atoms with Gasteiger partial charge in [0.1, 0.15) is 10.1 Å². The van der Waals surface area contributed by atoms with Crippen LogP contribution in [0.5, 0.6) is 5.75 Å². The Kier molecular flexibility index (Phi) is 4.46. The Balaban J connectivity index is 2.14. The minimum atomic E-state index is -0.946. The Bertz CT molecular complexity index is 528. The minimum absolute atomic E-state index is 0.0787. The maximum absolute atomic E-state index is 12.4. The fourth-order valence-corrected chi connectivity index (χ4v) is 3.10. The molecule has 2 atom stereocenters. The lowest BCUT2D eigenvalue weighted by molar-refractivity contribution is -0.126. The van der Waals surface area contributed by atoms with E-state index in [0.717, 1.165) is 11.3 Å². The number of benzene rings is 1. The molecule has 1 N–H and O–H groups in total. The molecule has 0 unspecified atom stereocenters. The standard InChI is InChI=1S/C16H21Cl2NO2/c1-10(2)13(11-5-7-12(21-4)8-6-11)19-14(20)15(3)9-16(15,17)18/h5-8,10,13H,9H2,1-4H3,(H,19,20)/t13-,15-/m0/s1. The number of methoxy groups -OCH3 is 1. The molecule has 1 aromatic carbocycles. The van der Waals surface area contributed by atoms with Crippen LogP contribution in [-0.2, 0) is 4.79 Å². The van der Waals surface area contributed by atoms with Gasteiger partial charge >= 0.3 is 0 Å². The third-order valence-corrected chi connectivity index (χ3v) is 5.29. The zero-order chi connectivity index (χ0) is 15.8. The Morgan fingerprint density at radius 3 is 2.19 bits per heavy atom. The lowest BCUT2D eigenvalue weighted by atomic mass is 9.95. The molecule has 5 heteroatoms.